The van der Waals surface area contributed by atoms with E-state index in [-0.39, 0.29) is 29.8 Å². The number of Topliss-reactive ketones (excluding diaryl/α,β-unsaturated/α-hetero) is 1. The molecule has 0 radical (unpaired) electrons. The quantitative estimate of drug-likeness (QED) is 0.529. The van der Waals surface area contributed by atoms with Gasteiger partial charge in [0.05, 0.1) is 18.2 Å². The van der Waals surface area contributed by atoms with Crippen molar-refractivity contribution in [1.82, 2.24) is 5.32 Å². The molecule has 152 valence electrons. The molecule has 1 aromatic carbocycles. The highest BCUT2D eigenvalue weighted by molar-refractivity contribution is 6.03. The maximum absolute atomic E-state index is 13.2. The Bertz CT molecular complexity index is 667. The van der Waals surface area contributed by atoms with Gasteiger partial charge in [-0.1, -0.05) is 40.7 Å². The summed E-state index contributed by atoms with van der Waals surface area (Å²) >= 11 is 0. The van der Waals surface area contributed by atoms with E-state index in [9.17, 15) is 9.59 Å². The maximum atomic E-state index is 13.2. The van der Waals surface area contributed by atoms with Crippen molar-refractivity contribution in [2.24, 2.45) is 5.92 Å². The first-order chi connectivity index (χ1) is 12.2. The van der Waals surface area contributed by atoms with Gasteiger partial charge in [-0.2, -0.15) is 0 Å². The number of ether oxygens (including phenoxy) is 1. The van der Waals surface area contributed by atoms with Crippen LogP contribution in [0.1, 0.15) is 83.8 Å². The van der Waals surface area contributed by atoms with E-state index in [0.29, 0.717) is 11.5 Å². The van der Waals surface area contributed by atoms with Crippen LogP contribution < -0.4 is 5.32 Å². The molecule has 4 nitrogen and oxygen atoms in total. The van der Waals surface area contributed by atoms with Gasteiger partial charge < -0.3 is 4.74 Å². The first kappa shape index (κ1) is 23.4. The average Bonchev–Trinajstić information content (AvgIpc) is 2.50. The molecule has 27 heavy (non-hydrogen) atoms. The van der Waals surface area contributed by atoms with Crippen molar-refractivity contribution >= 4 is 11.8 Å². The third-order valence-electron chi connectivity index (χ3n) is 4.37. The molecule has 0 heterocycles. The van der Waals surface area contributed by atoms with Gasteiger partial charge in [0, 0.05) is 5.56 Å². The van der Waals surface area contributed by atoms with Crippen LogP contribution in [0.2, 0.25) is 0 Å². The van der Waals surface area contributed by atoms with Gasteiger partial charge in [0.15, 0.2) is 5.78 Å². The van der Waals surface area contributed by atoms with E-state index in [4.69, 9.17) is 4.74 Å². The van der Waals surface area contributed by atoms with E-state index in [1.807, 2.05) is 39.8 Å². The zero-order chi connectivity index (χ0) is 21.0. The fourth-order valence-corrected chi connectivity index (χ4v) is 2.88. The highest BCUT2D eigenvalue weighted by atomic mass is 16.5. The van der Waals surface area contributed by atoms with E-state index in [1.165, 1.54) is 5.56 Å². The summed E-state index contributed by atoms with van der Waals surface area (Å²) in [4.78, 5) is 25.0. The van der Waals surface area contributed by atoms with Gasteiger partial charge in [-0.3, -0.25) is 14.9 Å². The number of esters is 1. The van der Waals surface area contributed by atoms with Crippen molar-refractivity contribution in [2.75, 3.05) is 6.54 Å². The molecule has 4 heteroatoms. The Kier molecular flexibility index (Phi) is 7.79. The van der Waals surface area contributed by atoms with Gasteiger partial charge in [0.1, 0.15) is 0 Å². The number of hydrogen-bond donors (Lipinski definition) is 1. The summed E-state index contributed by atoms with van der Waals surface area (Å²) in [5, 5.41) is 3.06. The Morgan fingerprint density at radius 3 is 2.07 bits per heavy atom. The van der Waals surface area contributed by atoms with E-state index in [1.54, 1.807) is 0 Å². The summed E-state index contributed by atoms with van der Waals surface area (Å²) in [5.74, 6) is 0.144. The molecule has 1 N–H and O–H groups in total. The van der Waals surface area contributed by atoms with Gasteiger partial charge in [0.25, 0.3) is 0 Å². The molecule has 0 atom stereocenters. The third kappa shape index (κ3) is 7.45. The molecule has 1 rings (SSSR count). The van der Waals surface area contributed by atoms with Crippen LogP contribution in [-0.2, 0) is 21.4 Å². The Labute approximate surface area is 165 Å². The van der Waals surface area contributed by atoms with E-state index >= 15 is 0 Å². The number of nitrogens with one attached hydrogen (secondary N) is 1. The summed E-state index contributed by atoms with van der Waals surface area (Å²) in [6, 6.07) is 6.19. The molecule has 0 spiro atoms. The van der Waals surface area contributed by atoms with E-state index in [2.05, 4.69) is 46.0 Å². The van der Waals surface area contributed by atoms with Crippen molar-refractivity contribution < 1.29 is 14.3 Å². The van der Waals surface area contributed by atoms with Gasteiger partial charge >= 0.3 is 5.97 Å². The number of ketones is 1. The van der Waals surface area contributed by atoms with E-state index in [0.717, 1.165) is 12.0 Å². The molecule has 0 aromatic heterocycles. The zero-order valence-electron chi connectivity index (χ0n) is 18.5. The summed E-state index contributed by atoms with van der Waals surface area (Å²) < 4.78 is 5.14. The predicted molar refractivity (Wildman–Crippen MR) is 111 cm³/mol. The number of carbonyl (C=O) groups is 2. The lowest BCUT2D eigenvalue weighted by Gasteiger charge is -2.27. The minimum Gasteiger partial charge on any atom is -0.462 e. The van der Waals surface area contributed by atoms with Crippen molar-refractivity contribution in [3.63, 3.8) is 0 Å². The molecule has 0 bridgehead atoms. The van der Waals surface area contributed by atoms with Crippen LogP contribution in [0.3, 0.4) is 0 Å². The Morgan fingerprint density at radius 2 is 1.59 bits per heavy atom. The van der Waals surface area contributed by atoms with Gasteiger partial charge in [-0.05, 0) is 68.7 Å². The van der Waals surface area contributed by atoms with Gasteiger partial charge in [-0.15, -0.1) is 0 Å². The molecule has 0 aliphatic rings. The molecule has 0 amide bonds. The molecule has 0 saturated carbocycles. The molecular weight excluding hydrogens is 338 g/mol. The molecular formula is C23H37NO3. The van der Waals surface area contributed by atoms with Crippen molar-refractivity contribution in [1.29, 1.82) is 0 Å². The minimum absolute atomic E-state index is 0.00866. The second-order valence-corrected chi connectivity index (χ2v) is 9.61. The number of hydrogen-bond acceptors (Lipinski definition) is 4. The topological polar surface area (TPSA) is 55.4 Å². The first-order valence-electron chi connectivity index (χ1n) is 9.86. The van der Waals surface area contributed by atoms with Gasteiger partial charge in [0.2, 0.25) is 0 Å². The molecule has 0 fully saturated rings. The Morgan fingerprint density at radius 1 is 1.00 bits per heavy atom. The predicted octanol–water partition coefficient (Wildman–Crippen LogP) is 4.69. The van der Waals surface area contributed by atoms with Crippen LogP contribution in [0, 0.1) is 5.92 Å². The van der Waals surface area contributed by atoms with Crippen molar-refractivity contribution in [3.8, 4) is 0 Å². The number of rotatable bonds is 8. The van der Waals surface area contributed by atoms with Crippen LogP contribution >= 0.6 is 0 Å². The van der Waals surface area contributed by atoms with Gasteiger partial charge in [-0.25, -0.2) is 0 Å². The van der Waals surface area contributed by atoms with Crippen LogP contribution in [-0.4, -0.2) is 29.9 Å². The lowest BCUT2D eigenvalue weighted by molar-refractivity contribution is -0.146. The Balaban J connectivity index is 3.10. The summed E-state index contributed by atoms with van der Waals surface area (Å²) in [7, 11) is 0. The maximum Gasteiger partial charge on any atom is 0.320 e. The highest BCUT2D eigenvalue weighted by Crippen LogP contribution is 2.27. The summed E-state index contributed by atoms with van der Waals surface area (Å²) in [6.07, 6.45) is 0.763. The van der Waals surface area contributed by atoms with E-state index < -0.39 is 5.54 Å². The SMILES string of the molecule is CC(C)Cc1cc(C(=O)C(C)(C)NCC(=O)OC(C)C)cc(C(C)(C)C)c1. The molecule has 1 aromatic rings. The fraction of sp³-hybridized carbons (Fsp3) is 0.652. The minimum atomic E-state index is -0.860. The first-order valence-corrected chi connectivity index (χ1v) is 9.86. The van der Waals surface area contributed by atoms with Crippen LogP contribution in [0.25, 0.3) is 0 Å². The second kappa shape index (κ2) is 9.01. The monoisotopic (exact) mass is 375 g/mol. The second-order valence-electron chi connectivity index (χ2n) is 9.61. The highest BCUT2D eigenvalue weighted by Gasteiger charge is 2.30. The zero-order valence-corrected chi connectivity index (χ0v) is 18.5. The lowest BCUT2D eigenvalue weighted by atomic mass is 9.82. The third-order valence-corrected chi connectivity index (χ3v) is 4.37. The van der Waals surface area contributed by atoms with Crippen LogP contribution in [0.15, 0.2) is 18.2 Å². The Hall–Kier alpha value is -1.68. The summed E-state index contributed by atoms with van der Waals surface area (Å²) in [5.41, 5.74) is 2.12. The molecule has 0 unspecified atom stereocenters. The van der Waals surface area contributed by atoms with Crippen LogP contribution in [0.5, 0.6) is 0 Å². The average molecular weight is 376 g/mol. The largest absolute Gasteiger partial charge is 0.462 e. The molecule has 0 saturated heterocycles. The van der Waals surface area contributed by atoms with Crippen LogP contribution in [0.4, 0.5) is 0 Å². The number of carbonyl (C=O) groups excluding carboxylic acids is 2. The fourth-order valence-electron chi connectivity index (χ4n) is 2.88. The smallest absolute Gasteiger partial charge is 0.320 e. The molecule has 0 aliphatic heterocycles. The molecule has 0 aliphatic carbocycles. The number of benzene rings is 1. The standard InChI is InChI=1S/C23H37NO3/c1-15(2)10-17-11-18(13-19(12-17)22(5,6)7)21(26)23(8,9)24-14-20(25)27-16(3)4/h11-13,15-16,24H,10,14H2,1-9H3. The summed E-state index contributed by atoms with van der Waals surface area (Å²) in [6.45, 7) is 18.1. The normalized spacial score (nSPS) is 12.6. The lowest BCUT2D eigenvalue weighted by Crippen LogP contribution is -2.49. The van der Waals surface area contributed by atoms with Crippen molar-refractivity contribution in [2.45, 2.75) is 85.8 Å². The van der Waals surface area contributed by atoms with Crippen molar-refractivity contribution in [3.05, 3.63) is 34.9 Å².